The predicted octanol–water partition coefficient (Wildman–Crippen LogP) is 1.54. The molecule has 66 valence electrons. The summed E-state index contributed by atoms with van der Waals surface area (Å²) in [6, 6.07) is 8.96. The van der Waals surface area contributed by atoms with Crippen molar-refractivity contribution in [1.29, 1.82) is 5.26 Å². The van der Waals surface area contributed by atoms with Gasteiger partial charge in [0.2, 0.25) is 5.91 Å². The minimum Gasteiger partial charge on any atom is -0.316 e. The molecular formula is C10H10N2O. The van der Waals surface area contributed by atoms with Crippen molar-refractivity contribution in [3.05, 3.63) is 29.8 Å². The van der Waals surface area contributed by atoms with E-state index in [4.69, 9.17) is 5.26 Å². The lowest BCUT2D eigenvalue weighted by molar-refractivity contribution is -0.116. The van der Waals surface area contributed by atoms with Crippen molar-refractivity contribution in [3.8, 4) is 6.07 Å². The molecule has 1 aromatic rings. The van der Waals surface area contributed by atoms with Crippen LogP contribution in [0.2, 0.25) is 0 Å². The van der Waals surface area contributed by atoms with Gasteiger partial charge < -0.3 is 4.90 Å². The van der Waals surface area contributed by atoms with Crippen LogP contribution in [0.5, 0.6) is 0 Å². The van der Waals surface area contributed by atoms with Crippen molar-refractivity contribution in [1.82, 2.24) is 0 Å². The van der Waals surface area contributed by atoms with Gasteiger partial charge in [0.05, 0.1) is 11.6 Å². The number of anilines is 1. The van der Waals surface area contributed by atoms with Crippen molar-refractivity contribution in [2.24, 2.45) is 0 Å². The average molecular weight is 174 g/mol. The van der Waals surface area contributed by atoms with E-state index in [1.807, 2.05) is 6.07 Å². The predicted molar refractivity (Wildman–Crippen MR) is 50.2 cm³/mol. The highest BCUT2D eigenvalue weighted by molar-refractivity contribution is 5.90. The molecule has 0 aliphatic carbocycles. The average Bonchev–Trinajstić information content (AvgIpc) is 2.16. The molecular weight excluding hydrogens is 164 g/mol. The van der Waals surface area contributed by atoms with Crippen molar-refractivity contribution >= 4 is 11.6 Å². The van der Waals surface area contributed by atoms with E-state index in [0.29, 0.717) is 5.56 Å². The molecule has 0 fully saturated rings. The molecule has 0 aromatic heterocycles. The summed E-state index contributed by atoms with van der Waals surface area (Å²) < 4.78 is 0. The van der Waals surface area contributed by atoms with Gasteiger partial charge in [0.25, 0.3) is 0 Å². The Kier molecular flexibility index (Phi) is 2.65. The monoisotopic (exact) mass is 174 g/mol. The fraction of sp³-hybridized carbons (Fsp3) is 0.200. The number of rotatable bonds is 1. The van der Waals surface area contributed by atoms with E-state index in [-0.39, 0.29) is 5.91 Å². The number of carbonyl (C=O) groups excluding carboxylic acids is 1. The third kappa shape index (κ3) is 2.06. The fourth-order valence-corrected chi connectivity index (χ4v) is 0.966. The molecule has 1 amide bonds. The summed E-state index contributed by atoms with van der Waals surface area (Å²) in [6.45, 7) is 1.49. The minimum absolute atomic E-state index is 0.0462. The topological polar surface area (TPSA) is 44.1 Å². The van der Waals surface area contributed by atoms with Crippen LogP contribution in [0, 0.1) is 11.3 Å². The van der Waals surface area contributed by atoms with Crippen LogP contribution in [0.3, 0.4) is 0 Å². The molecule has 1 rings (SSSR count). The molecule has 1 aromatic carbocycles. The van der Waals surface area contributed by atoms with E-state index in [1.165, 1.54) is 11.8 Å². The van der Waals surface area contributed by atoms with Gasteiger partial charge in [0.15, 0.2) is 0 Å². The second-order valence-corrected chi connectivity index (χ2v) is 2.74. The van der Waals surface area contributed by atoms with Crippen LogP contribution in [-0.2, 0) is 4.79 Å². The van der Waals surface area contributed by atoms with E-state index in [0.717, 1.165) is 5.69 Å². The van der Waals surface area contributed by atoms with Crippen molar-refractivity contribution in [2.45, 2.75) is 6.92 Å². The Morgan fingerprint density at radius 2 is 2.23 bits per heavy atom. The first-order valence-corrected chi connectivity index (χ1v) is 3.89. The van der Waals surface area contributed by atoms with Gasteiger partial charge in [-0.25, -0.2) is 0 Å². The lowest BCUT2D eigenvalue weighted by Crippen LogP contribution is -2.22. The summed E-state index contributed by atoms with van der Waals surface area (Å²) in [5, 5.41) is 8.63. The summed E-state index contributed by atoms with van der Waals surface area (Å²) in [6.07, 6.45) is 0. The number of amides is 1. The number of nitriles is 1. The Hall–Kier alpha value is -1.82. The normalized spacial score (nSPS) is 9.00. The molecule has 0 bridgehead atoms. The standard InChI is InChI=1S/C10H10N2O/c1-8(13)12(2)10-5-3-4-9(6-10)7-11/h3-6H,1-2H3. The largest absolute Gasteiger partial charge is 0.316 e. The van der Waals surface area contributed by atoms with E-state index in [1.54, 1.807) is 31.3 Å². The highest BCUT2D eigenvalue weighted by Gasteiger charge is 2.04. The van der Waals surface area contributed by atoms with Gasteiger partial charge in [-0.2, -0.15) is 5.26 Å². The van der Waals surface area contributed by atoms with Gasteiger partial charge in [0.1, 0.15) is 0 Å². The molecule has 0 saturated heterocycles. The molecule has 0 N–H and O–H groups in total. The maximum atomic E-state index is 11.0. The van der Waals surface area contributed by atoms with E-state index in [2.05, 4.69) is 0 Å². The van der Waals surface area contributed by atoms with Crippen LogP contribution < -0.4 is 4.90 Å². The third-order valence-electron chi connectivity index (χ3n) is 1.83. The van der Waals surface area contributed by atoms with Gasteiger partial charge in [0, 0.05) is 19.7 Å². The SMILES string of the molecule is CC(=O)N(C)c1cccc(C#N)c1. The maximum absolute atomic E-state index is 11.0. The van der Waals surface area contributed by atoms with Gasteiger partial charge in [-0.1, -0.05) is 6.07 Å². The number of benzene rings is 1. The zero-order valence-corrected chi connectivity index (χ0v) is 7.61. The molecule has 3 heteroatoms. The van der Waals surface area contributed by atoms with Crippen LogP contribution in [0.1, 0.15) is 12.5 Å². The molecule has 0 spiro atoms. The van der Waals surface area contributed by atoms with Crippen LogP contribution in [0.15, 0.2) is 24.3 Å². The van der Waals surface area contributed by atoms with Gasteiger partial charge in [-0.3, -0.25) is 4.79 Å². The molecule has 0 unspecified atom stereocenters. The minimum atomic E-state index is -0.0462. The van der Waals surface area contributed by atoms with Gasteiger partial charge in [-0.05, 0) is 18.2 Å². The van der Waals surface area contributed by atoms with Crippen molar-refractivity contribution < 1.29 is 4.79 Å². The maximum Gasteiger partial charge on any atom is 0.223 e. The molecule has 0 heterocycles. The fourth-order valence-electron chi connectivity index (χ4n) is 0.966. The first kappa shape index (κ1) is 9.27. The van der Waals surface area contributed by atoms with Crippen LogP contribution in [0.25, 0.3) is 0 Å². The molecule has 0 saturated carbocycles. The molecule has 0 atom stereocenters. The van der Waals surface area contributed by atoms with Crippen LogP contribution in [0.4, 0.5) is 5.69 Å². The van der Waals surface area contributed by atoms with E-state index in [9.17, 15) is 4.79 Å². The second kappa shape index (κ2) is 3.72. The molecule has 13 heavy (non-hydrogen) atoms. The Bertz CT molecular complexity index is 365. The summed E-state index contributed by atoms with van der Waals surface area (Å²) in [5.41, 5.74) is 1.30. The summed E-state index contributed by atoms with van der Waals surface area (Å²) in [5.74, 6) is -0.0462. The number of hydrogen-bond donors (Lipinski definition) is 0. The Labute approximate surface area is 77.2 Å². The number of hydrogen-bond acceptors (Lipinski definition) is 2. The summed E-state index contributed by atoms with van der Waals surface area (Å²) in [4.78, 5) is 12.5. The zero-order valence-electron chi connectivity index (χ0n) is 7.61. The van der Waals surface area contributed by atoms with Crippen molar-refractivity contribution in [2.75, 3.05) is 11.9 Å². The third-order valence-corrected chi connectivity index (χ3v) is 1.83. The second-order valence-electron chi connectivity index (χ2n) is 2.74. The highest BCUT2D eigenvalue weighted by atomic mass is 16.2. The van der Waals surface area contributed by atoms with Crippen molar-refractivity contribution in [3.63, 3.8) is 0 Å². The quantitative estimate of drug-likeness (QED) is 0.648. The summed E-state index contributed by atoms with van der Waals surface area (Å²) >= 11 is 0. The lowest BCUT2D eigenvalue weighted by atomic mass is 10.2. The molecule has 3 nitrogen and oxygen atoms in total. The van der Waals surface area contributed by atoms with E-state index < -0.39 is 0 Å². The first-order valence-electron chi connectivity index (χ1n) is 3.89. The Morgan fingerprint density at radius 1 is 1.54 bits per heavy atom. The molecule has 0 radical (unpaired) electrons. The molecule has 0 aliphatic rings. The smallest absolute Gasteiger partial charge is 0.223 e. The lowest BCUT2D eigenvalue weighted by Gasteiger charge is -2.14. The van der Waals surface area contributed by atoms with Gasteiger partial charge in [-0.15, -0.1) is 0 Å². The first-order chi connectivity index (χ1) is 6.15. The molecule has 0 aliphatic heterocycles. The number of nitrogens with zero attached hydrogens (tertiary/aromatic N) is 2. The number of carbonyl (C=O) groups is 1. The highest BCUT2D eigenvalue weighted by Crippen LogP contribution is 2.13. The summed E-state index contributed by atoms with van der Waals surface area (Å²) in [7, 11) is 1.68. The van der Waals surface area contributed by atoms with Gasteiger partial charge >= 0.3 is 0 Å². The Balaban J connectivity index is 3.03. The Morgan fingerprint density at radius 3 is 2.77 bits per heavy atom. The zero-order chi connectivity index (χ0) is 9.84. The van der Waals surface area contributed by atoms with Crippen LogP contribution >= 0.6 is 0 Å². The van der Waals surface area contributed by atoms with E-state index >= 15 is 0 Å². The van der Waals surface area contributed by atoms with Crippen LogP contribution in [-0.4, -0.2) is 13.0 Å².